The lowest BCUT2D eigenvalue weighted by Crippen LogP contribution is -2.25. The molecule has 0 amide bonds. The summed E-state index contributed by atoms with van der Waals surface area (Å²) in [6, 6.07) is 10.4. The predicted octanol–water partition coefficient (Wildman–Crippen LogP) is 3.69. The van der Waals surface area contributed by atoms with Gasteiger partial charge in [-0.25, -0.2) is 4.98 Å². The molecule has 3 heteroatoms. The number of hydrogen-bond acceptors (Lipinski definition) is 3. The van der Waals surface area contributed by atoms with Crippen LogP contribution < -0.4 is 5.32 Å². The third-order valence-corrected chi connectivity index (χ3v) is 3.77. The molecule has 0 radical (unpaired) electrons. The summed E-state index contributed by atoms with van der Waals surface area (Å²) in [6.45, 7) is 10.9. The first-order valence-electron chi connectivity index (χ1n) is 7.57. The highest BCUT2D eigenvalue weighted by molar-refractivity contribution is 5.83. The third kappa shape index (κ3) is 3.70. The Hall–Kier alpha value is -1.61. The van der Waals surface area contributed by atoms with E-state index in [0.29, 0.717) is 0 Å². The van der Waals surface area contributed by atoms with Crippen LogP contribution in [0.3, 0.4) is 0 Å². The van der Waals surface area contributed by atoms with Gasteiger partial charge in [-0.2, -0.15) is 0 Å². The van der Waals surface area contributed by atoms with E-state index in [-0.39, 0.29) is 0 Å². The van der Waals surface area contributed by atoms with E-state index >= 15 is 0 Å². The van der Waals surface area contributed by atoms with Gasteiger partial charge < -0.3 is 10.2 Å². The van der Waals surface area contributed by atoms with Crippen molar-refractivity contribution in [3.8, 4) is 0 Å². The Kier molecular flexibility index (Phi) is 5.36. The van der Waals surface area contributed by atoms with Crippen LogP contribution in [0.5, 0.6) is 0 Å². The largest absolute Gasteiger partial charge is 0.370 e. The van der Waals surface area contributed by atoms with Crippen molar-refractivity contribution in [3.05, 3.63) is 35.9 Å². The molecule has 1 N–H and O–H groups in total. The highest BCUT2D eigenvalue weighted by Gasteiger charge is 2.02. The fourth-order valence-corrected chi connectivity index (χ4v) is 2.50. The molecule has 0 aliphatic carbocycles. The molecule has 3 nitrogen and oxygen atoms in total. The van der Waals surface area contributed by atoms with E-state index in [0.717, 1.165) is 43.9 Å². The van der Waals surface area contributed by atoms with Crippen molar-refractivity contribution in [3.63, 3.8) is 0 Å². The Morgan fingerprint density at radius 3 is 2.65 bits per heavy atom. The van der Waals surface area contributed by atoms with Gasteiger partial charge in [-0.3, -0.25) is 0 Å². The van der Waals surface area contributed by atoms with E-state index in [1.54, 1.807) is 0 Å². The van der Waals surface area contributed by atoms with E-state index in [1.165, 1.54) is 10.9 Å². The van der Waals surface area contributed by atoms with E-state index < -0.39 is 0 Å². The second kappa shape index (κ2) is 7.25. The van der Waals surface area contributed by atoms with Crippen molar-refractivity contribution in [1.29, 1.82) is 0 Å². The van der Waals surface area contributed by atoms with Gasteiger partial charge in [0.05, 0.1) is 5.52 Å². The van der Waals surface area contributed by atoms with Crippen LogP contribution in [0, 0.1) is 6.92 Å². The summed E-state index contributed by atoms with van der Waals surface area (Å²) in [7, 11) is 0. The van der Waals surface area contributed by atoms with Crippen LogP contribution >= 0.6 is 0 Å². The Balaban J connectivity index is 1.93. The molecular weight excluding hydrogens is 246 g/mol. The van der Waals surface area contributed by atoms with E-state index in [1.807, 2.05) is 6.07 Å². The molecule has 1 heterocycles. The lowest BCUT2D eigenvalue weighted by molar-refractivity contribution is 0.303. The number of fused-ring (bicyclic) bond motifs is 1. The summed E-state index contributed by atoms with van der Waals surface area (Å²) in [5.41, 5.74) is 2.35. The number of benzene rings is 1. The molecule has 0 fully saturated rings. The number of para-hydroxylation sites is 1. The summed E-state index contributed by atoms with van der Waals surface area (Å²) < 4.78 is 0. The molecule has 2 aromatic rings. The monoisotopic (exact) mass is 271 g/mol. The maximum absolute atomic E-state index is 4.67. The first kappa shape index (κ1) is 14.8. The summed E-state index contributed by atoms with van der Waals surface area (Å²) in [6.07, 6.45) is 1.15. The van der Waals surface area contributed by atoms with Crippen molar-refractivity contribution in [1.82, 2.24) is 9.88 Å². The van der Waals surface area contributed by atoms with Crippen molar-refractivity contribution >= 4 is 16.7 Å². The van der Waals surface area contributed by atoms with Gasteiger partial charge in [0.15, 0.2) is 0 Å². The highest BCUT2D eigenvalue weighted by atomic mass is 15.1. The zero-order valence-corrected chi connectivity index (χ0v) is 12.8. The van der Waals surface area contributed by atoms with Crippen LogP contribution in [0.15, 0.2) is 30.3 Å². The summed E-state index contributed by atoms with van der Waals surface area (Å²) in [5, 5.41) is 4.68. The van der Waals surface area contributed by atoms with Crippen LogP contribution in [0.2, 0.25) is 0 Å². The van der Waals surface area contributed by atoms with Gasteiger partial charge in [0, 0.05) is 11.9 Å². The lowest BCUT2D eigenvalue weighted by Gasteiger charge is -2.18. The average molecular weight is 271 g/mol. The third-order valence-electron chi connectivity index (χ3n) is 3.77. The van der Waals surface area contributed by atoms with Crippen LogP contribution in [0.25, 0.3) is 10.9 Å². The normalized spacial score (nSPS) is 11.2. The fraction of sp³-hybridized carbons (Fsp3) is 0.471. The molecule has 108 valence electrons. The first-order valence-corrected chi connectivity index (χ1v) is 7.57. The van der Waals surface area contributed by atoms with E-state index in [2.05, 4.69) is 60.2 Å². The van der Waals surface area contributed by atoms with Gasteiger partial charge in [0.25, 0.3) is 0 Å². The molecule has 2 rings (SSSR count). The molecule has 1 aromatic carbocycles. The number of hydrogen-bond donors (Lipinski definition) is 1. The molecule has 20 heavy (non-hydrogen) atoms. The number of rotatable bonds is 7. The quantitative estimate of drug-likeness (QED) is 0.779. The average Bonchev–Trinajstić information content (AvgIpc) is 2.47. The van der Waals surface area contributed by atoms with Crippen molar-refractivity contribution in [2.24, 2.45) is 0 Å². The molecule has 0 bridgehead atoms. The molecule has 1 aromatic heterocycles. The van der Waals surface area contributed by atoms with Gasteiger partial charge >= 0.3 is 0 Å². The zero-order valence-electron chi connectivity index (χ0n) is 12.8. The lowest BCUT2D eigenvalue weighted by atomic mass is 10.1. The Bertz CT molecular complexity index is 547. The first-order chi connectivity index (χ1) is 9.74. The van der Waals surface area contributed by atoms with Crippen LogP contribution in [-0.2, 0) is 0 Å². The van der Waals surface area contributed by atoms with Crippen molar-refractivity contribution in [2.75, 3.05) is 31.5 Å². The fourth-order valence-electron chi connectivity index (χ4n) is 2.50. The molecule has 0 unspecified atom stereocenters. The minimum Gasteiger partial charge on any atom is -0.370 e. The molecule has 0 saturated carbocycles. The number of nitrogens with one attached hydrogen (secondary N) is 1. The number of anilines is 1. The smallest absolute Gasteiger partial charge is 0.126 e. The maximum atomic E-state index is 4.67. The Labute approximate surface area is 122 Å². The van der Waals surface area contributed by atoms with Crippen LogP contribution in [0.4, 0.5) is 5.82 Å². The molecule has 0 aliphatic heterocycles. The van der Waals surface area contributed by atoms with Gasteiger partial charge in [-0.05, 0) is 50.7 Å². The van der Waals surface area contributed by atoms with Crippen molar-refractivity contribution in [2.45, 2.75) is 27.2 Å². The summed E-state index contributed by atoms with van der Waals surface area (Å²) >= 11 is 0. The second-order valence-electron chi connectivity index (χ2n) is 5.15. The predicted molar refractivity (Wildman–Crippen MR) is 87.4 cm³/mol. The van der Waals surface area contributed by atoms with Gasteiger partial charge in [-0.1, -0.05) is 32.0 Å². The van der Waals surface area contributed by atoms with Crippen LogP contribution in [0.1, 0.15) is 25.8 Å². The van der Waals surface area contributed by atoms with Crippen LogP contribution in [-0.4, -0.2) is 36.1 Å². The van der Waals surface area contributed by atoms with Gasteiger partial charge in [-0.15, -0.1) is 0 Å². The zero-order chi connectivity index (χ0) is 14.4. The molecule has 0 aliphatic rings. The SMILES string of the molecule is CCN(CC)CCCNc1cc(C)c2ccccc2n1. The summed E-state index contributed by atoms with van der Waals surface area (Å²) in [4.78, 5) is 7.11. The second-order valence-corrected chi connectivity index (χ2v) is 5.15. The van der Waals surface area contributed by atoms with E-state index in [4.69, 9.17) is 0 Å². The molecular formula is C17H25N3. The molecule has 0 spiro atoms. The standard InChI is InChI=1S/C17H25N3/c1-4-20(5-2)12-8-11-18-17-13-14(3)15-9-6-7-10-16(15)19-17/h6-7,9-10,13H,4-5,8,11-12H2,1-3H3,(H,18,19). The van der Waals surface area contributed by atoms with Crippen molar-refractivity contribution < 1.29 is 0 Å². The van der Waals surface area contributed by atoms with E-state index in [9.17, 15) is 0 Å². The maximum Gasteiger partial charge on any atom is 0.126 e. The Morgan fingerprint density at radius 2 is 1.90 bits per heavy atom. The number of nitrogens with zero attached hydrogens (tertiary/aromatic N) is 2. The number of pyridine rings is 1. The highest BCUT2D eigenvalue weighted by Crippen LogP contribution is 2.19. The Morgan fingerprint density at radius 1 is 1.15 bits per heavy atom. The topological polar surface area (TPSA) is 28.2 Å². The minimum atomic E-state index is 0.973. The van der Waals surface area contributed by atoms with Gasteiger partial charge in [0.2, 0.25) is 0 Å². The number of aryl methyl sites for hydroxylation is 1. The molecule has 0 atom stereocenters. The van der Waals surface area contributed by atoms with Gasteiger partial charge in [0.1, 0.15) is 5.82 Å². The molecule has 0 saturated heterocycles. The number of aromatic nitrogens is 1. The summed E-state index contributed by atoms with van der Waals surface area (Å²) in [5.74, 6) is 0.987. The minimum absolute atomic E-state index is 0.973.